The van der Waals surface area contributed by atoms with Gasteiger partial charge in [0.15, 0.2) is 0 Å². The van der Waals surface area contributed by atoms with Crippen molar-refractivity contribution < 1.29 is 0 Å². The Bertz CT molecular complexity index is 1740. The number of benzene rings is 7. The van der Waals surface area contributed by atoms with Crippen LogP contribution in [0.3, 0.4) is 0 Å². The normalized spacial score (nSPS) is 11.3. The van der Waals surface area contributed by atoms with E-state index in [2.05, 4.69) is 200 Å². The van der Waals surface area contributed by atoms with Crippen molar-refractivity contribution in [1.29, 1.82) is 0 Å². The van der Waals surface area contributed by atoms with Gasteiger partial charge in [-0.2, -0.15) is 0 Å². The quantitative estimate of drug-likeness (QED) is 0.136. The Hall–Kier alpha value is -4.06. The van der Waals surface area contributed by atoms with E-state index in [1.54, 1.807) is 0 Å². The van der Waals surface area contributed by atoms with Gasteiger partial charge in [0, 0.05) is 0 Å². The Morgan fingerprint density at radius 3 is 0.867 bits per heavy atom. The third-order valence-electron chi connectivity index (χ3n) is 7.95. The molecule has 1 radical (unpaired) electrons. The fraction of sp³-hybridized carbons (Fsp3) is 0. The van der Waals surface area contributed by atoms with Gasteiger partial charge in [-0.3, -0.25) is 0 Å². The van der Waals surface area contributed by atoms with Gasteiger partial charge in [0.2, 0.25) is 0 Å². The molecule has 0 nitrogen and oxygen atoms in total. The maximum atomic E-state index is 2.45. The molecule has 0 unspecified atom stereocenters. The first-order valence-electron chi connectivity index (χ1n) is 15.3. The Labute approximate surface area is 274 Å². The molecular formula is C42H33GeP2. The molecule has 7 aromatic rings. The van der Waals surface area contributed by atoms with E-state index < -0.39 is 30.2 Å². The SMILES string of the molecule is c1ccc(P(c2ccccc2)c2cccc[c]2[Ge]([c]2ccccc2)[c]2ccccc2P(c2ccccc2)c2ccccc2)cc1. The summed E-state index contributed by atoms with van der Waals surface area (Å²) in [6, 6.07) is 74.6. The molecule has 0 amide bonds. The van der Waals surface area contributed by atoms with Gasteiger partial charge in [0.05, 0.1) is 0 Å². The van der Waals surface area contributed by atoms with Crippen LogP contribution in [0.1, 0.15) is 0 Å². The molecule has 0 saturated heterocycles. The summed E-state index contributed by atoms with van der Waals surface area (Å²) < 4.78 is 4.54. The van der Waals surface area contributed by atoms with Crippen LogP contribution in [0.15, 0.2) is 200 Å². The first-order valence-corrected chi connectivity index (χ1v) is 21.1. The van der Waals surface area contributed by atoms with Crippen molar-refractivity contribution in [2.75, 3.05) is 0 Å². The van der Waals surface area contributed by atoms with Crippen molar-refractivity contribution >= 4 is 75.2 Å². The molecule has 0 fully saturated rings. The van der Waals surface area contributed by atoms with E-state index in [9.17, 15) is 0 Å². The Balaban J connectivity index is 1.49. The topological polar surface area (TPSA) is 0 Å². The first kappa shape index (κ1) is 29.6. The minimum atomic E-state index is -2.37. The molecule has 0 saturated carbocycles. The van der Waals surface area contributed by atoms with Gasteiger partial charge < -0.3 is 0 Å². The summed E-state index contributed by atoms with van der Waals surface area (Å²) in [4.78, 5) is 0. The van der Waals surface area contributed by atoms with Crippen LogP contribution in [0.25, 0.3) is 0 Å². The van der Waals surface area contributed by atoms with Crippen LogP contribution in [0.4, 0.5) is 0 Å². The van der Waals surface area contributed by atoms with Gasteiger partial charge in [-0.05, 0) is 0 Å². The zero-order chi connectivity index (χ0) is 30.3. The second-order valence-corrected chi connectivity index (χ2v) is 20.2. The van der Waals surface area contributed by atoms with E-state index in [4.69, 9.17) is 0 Å². The van der Waals surface area contributed by atoms with Crippen LogP contribution in [0.2, 0.25) is 0 Å². The molecule has 0 aliphatic rings. The van der Waals surface area contributed by atoms with Crippen molar-refractivity contribution in [3.63, 3.8) is 0 Å². The summed E-state index contributed by atoms with van der Waals surface area (Å²) >= 11 is -2.37. The minimum absolute atomic E-state index is 0.746. The van der Waals surface area contributed by atoms with Crippen molar-refractivity contribution in [2.45, 2.75) is 0 Å². The molecule has 0 spiro atoms. The summed E-state index contributed by atoms with van der Waals surface area (Å²) in [5.41, 5.74) is 0. The van der Waals surface area contributed by atoms with Crippen molar-refractivity contribution in [2.24, 2.45) is 0 Å². The molecule has 0 atom stereocenters. The predicted molar refractivity (Wildman–Crippen MR) is 201 cm³/mol. The summed E-state index contributed by atoms with van der Waals surface area (Å²) in [5.74, 6) is 0. The number of hydrogen-bond acceptors (Lipinski definition) is 0. The van der Waals surface area contributed by atoms with Crippen LogP contribution >= 0.6 is 15.8 Å². The molecular weight excluding hydrogens is 639 g/mol. The zero-order valence-corrected chi connectivity index (χ0v) is 28.8. The first-order chi connectivity index (χ1) is 22.4. The van der Waals surface area contributed by atoms with E-state index in [0.717, 1.165) is 0 Å². The van der Waals surface area contributed by atoms with Crippen LogP contribution in [-0.2, 0) is 0 Å². The fourth-order valence-corrected chi connectivity index (χ4v) is 18.8. The summed E-state index contributed by atoms with van der Waals surface area (Å²) in [6.07, 6.45) is 0. The summed E-state index contributed by atoms with van der Waals surface area (Å²) in [5, 5.41) is 8.51. The van der Waals surface area contributed by atoms with E-state index in [1.807, 2.05) is 0 Å². The Morgan fingerprint density at radius 2 is 0.533 bits per heavy atom. The second-order valence-electron chi connectivity index (χ2n) is 10.8. The maximum absolute atomic E-state index is 2.45. The van der Waals surface area contributed by atoms with Crippen LogP contribution in [-0.4, -0.2) is 14.3 Å². The van der Waals surface area contributed by atoms with Gasteiger partial charge in [-0.15, -0.1) is 0 Å². The predicted octanol–water partition coefficient (Wildman–Crippen LogP) is 5.72. The van der Waals surface area contributed by atoms with Crippen LogP contribution < -0.4 is 45.0 Å². The third-order valence-corrected chi connectivity index (χ3v) is 19.8. The molecule has 0 aromatic heterocycles. The summed E-state index contributed by atoms with van der Waals surface area (Å²) in [6.45, 7) is 0. The molecule has 7 aromatic carbocycles. The van der Waals surface area contributed by atoms with E-state index in [-0.39, 0.29) is 0 Å². The molecule has 0 aliphatic heterocycles. The van der Waals surface area contributed by atoms with Gasteiger partial charge in [-0.1, -0.05) is 0 Å². The van der Waals surface area contributed by atoms with Gasteiger partial charge in [-0.25, -0.2) is 0 Å². The van der Waals surface area contributed by atoms with Crippen LogP contribution in [0, 0.1) is 0 Å². The van der Waals surface area contributed by atoms with E-state index in [0.29, 0.717) is 0 Å². The standard InChI is InChI=1S/C42H33GeP2/c1-6-20-34(21-7-1)43(39-30-16-18-32-41(39)44(35-22-8-2-9-23-35)36-24-10-3-11-25-36)40-31-17-19-33-42(40)45(37-26-12-4-13-27-37)38-28-14-5-15-29-38/h1-33H. The number of rotatable bonds is 9. The molecule has 215 valence electrons. The monoisotopic (exact) mass is 673 g/mol. The van der Waals surface area contributed by atoms with E-state index in [1.165, 1.54) is 45.0 Å². The van der Waals surface area contributed by atoms with Crippen LogP contribution in [0.5, 0.6) is 0 Å². The van der Waals surface area contributed by atoms with Crippen molar-refractivity contribution in [3.05, 3.63) is 200 Å². The average molecular weight is 672 g/mol. The third kappa shape index (κ3) is 6.52. The average Bonchev–Trinajstić information content (AvgIpc) is 3.12. The second kappa shape index (κ2) is 14.4. The molecule has 45 heavy (non-hydrogen) atoms. The van der Waals surface area contributed by atoms with Gasteiger partial charge in [0.1, 0.15) is 0 Å². The fourth-order valence-electron chi connectivity index (χ4n) is 5.98. The summed E-state index contributed by atoms with van der Waals surface area (Å²) in [7, 11) is -1.49. The Kier molecular flexibility index (Phi) is 9.46. The molecule has 0 bridgehead atoms. The zero-order valence-electron chi connectivity index (χ0n) is 24.9. The van der Waals surface area contributed by atoms with Gasteiger partial charge in [0.25, 0.3) is 0 Å². The van der Waals surface area contributed by atoms with Gasteiger partial charge >= 0.3 is 275 Å². The molecule has 0 N–H and O–H groups in total. The molecule has 0 aliphatic carbocycles. The van der Waals surface area contributed by atoms with E-state index >= 15 is 0 Å². The molecule has 7 rings (SSSR count). The Morgan fingerprint density at radius 1 is 0.267 bits per heavy atom. The number of hydrogen-bond donors (Lipinski definition) is 0. The molecule has 3 heteroatoms. The van der Waals surface area contributed by atoms with Crippen molar-refractivity contribution in [1.82, 2.24) is 0 Å². The van der Waals surface area contributed by atoms with Crippen molar-refractivity contribution in [3.8, 4) is 0 Å². The molecule has 0 heterocycles.